The van der Waals surface area contributed by atoms with E-state index in [0.29, 0.717) is 19.3 Å². The Bertz CT molecular complexity index is 1350. The molecule has 81 heavy (non-hydrogen) atoms. The topological polar surface area (TPSA) is 78.9 Å². The predicted molar refractivity (Wildman–Crippen MR) is 353 cm³/mol. The molecule has 0 rings (SSSR count). The third-order valence-electron chi connectivity index (χ3n) is 16.6. The summed E-state index contributed by atoms with van der Waals surface area (Å²) < 4.78 is 16.9. The maximum atomic E-state index is 12.9. The summed E-state index contributed by atoms with van der Waals surface area (Å²) in [5, 5.41) is 0. The second-order valence-electron chi connectivity index (χ2n) is 24.9. The SMILES string of the molecule is CCCCCCC/C=C\C/C=C\CCCCCCCCCCCCCC(=O)OC(COC(=O)CCCCCCCCC)COC(=O)CCCCCCCCCCCCCCCCCCCCCCC/C=C\CCCCCCCCCC. The Morgan fingerprint density at radius 1 is 0.247 bits per heavy atom. The van der Waals surface area contributed by atoms with Crippen LogP contribution in [0.15, 0.2) is 36.5 Å². The number of rotatable bonds is 68. The highest BCUT2D eigenvalue weighted by Crippen LogP contribution is 2.19. The molecule has 0 amide bonds. The Morgan fingerprint density at radius 2 is 0.444 bits per heavy atom. The first-order valence-electron chi connectivity index (χ1n) is 36.5. The van der Waals surface area contributed by atoms with E-state index in [9.17, 15) is 14.4 Å². The van der Waals surface area contributed by atoms with E-state index >= 15 is 0 Å². The minimum atomic E-state index is -0.769. The van der Waals surface area contributed by atoms with Crippen molar-refractivity contribution in [2.75, 3.05) is 13.2 Å². The summed E-state index contributed by atoms with van der Waals surface area (Å²) in [4.78, 5) is 38.2. The minimum Gasteiger partial charge on any atom is -0.462 e. The van der Waals surface area contributed by atoms with E-state index in [0.717, 1.165) is 64.2 Å². The lowest BCUT2D eigenvalue weighted by Crippen LogP contribution is -2.30. The molecule has 0 aliphatic heterocycles. The summed E-state index contributed by atoms with van der Waals surface area (Å²) >= 11 is 0. The van der Waals surface area contributed by atoms with Crippen molar-refractivity contribution >= 4 is 17.9 Å². The van der Waals surface area contributed by atoms with Crippen LogP contribution in [0, 0.1) is 0 Å². The smallest absolute Gasteiger partial charge is 0.306 e. The van der Waals surface area contributed by atoms with Crippen LogP contribution >= 0.6 is 0 Å². The van der Waals surface area contributed by atoms with Crippen LogP contribution in [0.5, 0.6) is 0 Å². The summed E-state index contributed by atoms with van der Waals surface area (Å²) in [7, 11) is 0. The van der Waals surface area contributed by atoms with Crippen molar-refractivity contribution in [3.05, 3.63) is 36.5 Å². The molecule has 0 saturated carbocycles. The molecule has 0 aromatic carbocycles. The molecule has 0 aromatic heterocycles. The third-order valence-corrected chi connectivity index (χ3v) is 16.6. The molecule has 0 aromatic rings. The number of hydrogen-bond acceptors (Lipinski definition) is 6. The fraction of sp³-hybridized carbons (Fsp3) is 0.880. The fourth-order valence-corrected chi connectivity index (χ4v) is 11.1. The van der Waals surface area contributed by atoms with Gasteiger partial charge in [-0.2, -0.15) is 0 Å². The molecule has 0 spiro atoms. The number of carbonyl (C=O) groups excluding carboxylic acids is 3. The molecule has 476 valence electrons. The van der Waals surface area contributed by atoms with Gasteiger partial charge >= 0.3 is 17.9 Å². The zero-order chi connectivity index (χ0) is 58.5. The first kappa shape index (κ1) is 78.6. The van der Waals surface area contributed by atoms with E-state index in [1.54, 1.807) is 0 Å². The first-order valence-corrected chi connectivity index (χ1v) is 36.5. The van der Waals surface area contributed by atoms with Crippen LogP contribution in [0.25, 0.3) is 0 Å². The van der Waals surface area contributed by atoms with Gasteiger partial charge in [-0.3, -0.25) is 14.4 Å². The van der Waals surface area contributed by atoms with Gasteiger partial charge in [-0.25, -0.2) is 0 Å². The Morgan fingerprint density at radius 3 is 0.691 bits per heavy atom. The molecule has 1 atom stereocenters. The van der Waals surface area contributed by atoms with Crippen LogP contribution in [-0.4, -0.2) is 37.2 Å². The summed E-state index contributed by atoms with van der Waals surface area (Å²) in [5.41, 5.74) is 0. The Hall–Kier alpha value is -2.37. The highest BCUT2D eigenvalue weighted by Gasteiger charge is 2.19. The summed E-state index contributed by atoms with van der Waals surface area (Å²) in [6, 6.07) is 0. The van der Waals surface area contributed by atoms with Gasteiger partial charge < -0.3 is 14.2 Å². The standard InChI is InChI=1S/C75H140O6/c1-4-7-10-13-16-18-20-22-24-26-28-30-32-33-34-35-36-37-38-39-40-41-43-44-46-48-50-52-54-56-59-62-65-68-74(77)80-71-72(70-79-73(76)67-64-61-58-15-12-9-6-3)81-75(78)69-66-63-60-57-55-53-51-49-47-45-42-31-29-27-25-23-21-19-17-14-11-8-5-2/h21,23,26-29,72H,4-20,22,24-25,30-71H2,1-3H3/b23-21-,28-26-,29-27-. The van der Waals surface area contributed by atoms with Gasteiger partial charge in [0.1, 0.15) is 13.2 Å². The Balaban J connectivity index is 3.97. The van der Waals surface area contributed by atoms with Crippen molar-refractivity contribution < 1.29 is 28.6 Å². The van der Waals surface area contributed by atoms with Gasteiger partial charge in [0.2, 0.25) is 0 Å². The second kappa shape index (κ2) is 70.1. The van der Waals surface area contributed by atoms with Crippen LogP contribution in [0.2, 0.25) is 0 Å². The lowest BCUT2D eigenvalue weighted by molar-refractivity contribution is -0.167. The van der Waals surface area contributed by atoms with Crippen molar-refractivity contribution in [2.45, 2.75) is 412 Å². The normalized spacial score (nSPS) is 12.2. The molecule has 0 aliphatic rings. The van der Waals surface area contributed by atoms with E-state index in [1.165, 1.54) is 302 Å². The molecule has 0 bridgehead atoms. The summed E-state index contributed by atoms with van der Waals surface area (Å²) in [5.74, 6) is -0.850. The van der Waals surface area contributed by atoms with Gasteiger partial charge in [-0.15, -0.1) is 0 Å². The van der Waals surface area contributed by atoms with Crippen molar-refractivity contribution in [1.29, 1.82) is 0 Å². The van der Waals surface area contributed by atoms with Gasteiger partial charge in [0, 0.05) is 19.3 Å². The van der Waals surface area contributed by atoms with Crippen LogP contribution in [0.4, 0.5) is 0 Å². The van der Waals surface area contributed by atoms with Crippen LogP contribution in [0.1, 0.15) is 406 Å². The lowest BCUT2D eigenvalue weighted by atomic mass is 10.0. The van der Waals surface area contributed by atoms with Gasteiger partial charge in [0.25, 0.3) is 0 Å². The monoisotopic (exact) mass is 1140 g/mol. The van der Waals surface area contributed by atoms with Gasteiger partial charge in [-0.1, -0.05) is 346 Å². The maximum absolute atomic E-state index is 12.9. The molecule has 0 fully saturated rings. The van der Waals surface area contributed by atoms with E-state index in [4.69, 9.17) is 14.2 Å². The molecule has 6 nitrogen and oxygen atoms in total. The molecule has 0 saturated heterocycles. The van der Waals surface area contributed by atoms with Crippen molar-refractivity contribution in [3.8, 4) is 0 Å². The second-order valence-corrected chi connectivity index (χ2v) is 24.9. The Kier molecular flexibility index (Phi) is 68.1. The van der Waals surface area contributed by atoms with Crippen LogP contribution in [0.3, 0.4) is 0 Å². The molecule has 0 N–H and O–H groups in total. The van der Waals surface area contributed by atoms with Crippen LogP contribution in [-0.2, 0) is 28.6 Å². The molecule has 0 radical (unpaired) electrons. The number of carbonyl (C=O) groups is 3. The van der Waals surface area contributed by atoms with Gasteiger partial charge in [0.05, 0.1) is 0 Å². The maximum Gasteiger partial charge on any atom is 0.306 e. The lowest BCUT2D eigenvalue weighted by Gasteiger charge is -2.18. The number of hydrogen-bond donors (Lipinski definition) is 0. The number of ether oxygens (including phenoxy) is 3. The van der Waals surface area contributed by atoms with Crippen molar-refractivity contribution in [3.63, 3.8) is 0 Å². The predicted octanol–water partition coefficient (Wildman–Crippen LogP) is 25.1. The van der Waals surface area contributed by atoms with E-state index in [-0.39, 0.29) is 31.1 Å². The molecular formula is C75H140O6. The molecule has 0 heterocycles. The molecule has 6 heteroatoms. The summed E-state index contributed by atoms with van der Waals surface area (Å²) in [6.07, 6.45) is 87.9. The van der Waals surface area contributed by atoms with E-state index in [1.807, 2.05) is 0 Å². The molecule has 1 unspecified atom stereocenters. The molecular weight excluding hydrogens is 997 g/mol. The fourth-order valence-electron chi connectivity index (χ4n) is 11.1. The first-order chi connectivity index (χ1) is 40.0. The van der Waals surface area contributed by atoms with E-state index in [2.05, 4.69) is 57.2 Å². The third kappa shape index (κ3) is 68.3. The van der Waals surface area contributed by atoms with Gasteiger partial charge in [-0.05, 0) is 77.0 Å². The number of allylic oxidation sites excluding steroid dienone is 6. The van der Waals surface area contributed by atoms with Crippen LogP contribution < -0.4 is 0 Å². The summed E-state index contributed by atoms with van der Waals surface area (Å²) in [6.45, 7) is 6.65. The highest BCUT2D eigenvalue weighted by atomic mass is 16.6. The number of unbranched alkanes of at least 4 members (excludes halogenated alkanes) is 51. The zero-order valence-corrected chi connectivity index (χ0v) is 54.8. The largest absolute Gasteiger partial charge is 0.462 e. The average molecular weight is 1140 g/mol. The average Bonchev–Trinajstić information content (AvgIpc) is 3.46. The van der Waals surface area contributed by atoms with Crippen molar-refractivity contribution in [2.24, 2.45) is 0 Å². The van der Waals surface area contributed by atoms with E-state index < -0.39 is 6.10 Å². The Labute approximate surface area is 506 Å². The number of esters is 3. The molecule has 0 aliphatic carbocycles. The minimum absolute atomic E-state index is 0.0676. The highest BCUT2D eigenvalue weighted by molar-refractivity contribution is 5.71. The quantitative estimate of drug-likeness (QED) is 0.0261. The zero-order valence-electron chi connectivity index (χ0n) is 54.8. The van der Waals surface area contributed by atoms with Crippen molar-refractivity contribution in [1.82, 2.24) is 0 Å². The van der Waals surface area contributed by atoms with Gasteiger partial charge in [0.15, 0.2) is 6.10 Å².